The third-order valence-electron chi connectivity index (χ3n) is 5.14. The summed E-state index contributed by atoms with van der Waals surface area (Å²) in [4.78, 5) is 0. The van der Waals surface area contributed by atoms with E-state index >= 15 is 0 Å². The molecule has 2 unspecified atom stereocenters. The quantitative estimate of drug-likeness (QED) is 0.694. The average Bonchev–Trinajstić information content (AvgIpc) is 2.58. The Bertz CT molecular complexity index is 205. The molecule has 1 N–H and O–H groups in total. The van der Waals surface area contributed by atoms with Gasteiger partial charge in [0.15, 0.2) is 0 Å². The highest BCUT2D eigenvalue weighted by Gasteiger charge is 2.43. The maximum atomic E-state index is 11.1. The molecule has 94 valence electrons. The van der Waals surface area contributed by atoms with Crippen LogP contribution in [-0.4, -0.2) is 10.7 Å². The van der Waals surface area contributed by atoms with Gasteiger partial charge in [-0.3, -0.25) is 0 Å². The van der Waals surface area contributed by atoms with E-state index in [0.29, 0.717) is 11.8 Å². The Hall–Kier alpha value is -0.0400. The van der Waals surface area contributed by atoms with Gasteiger partial charge in [0.1, 0.15) is 0 Å². The van der Waals surface area contributed by atoms with Crippen LogP contribution in [0.25, 0.3) is 0 Å². The van der Waals surface area contributed by atoms with Crippen molar-refractivity contribution in [1.82, 2.24) is 0 Å². The predicted molar refractivity (Wildman–Crippen MR) is 68.4 cm³/mol. The molecule has 2 aliphatic carbocycles. The van der Waals surface area contributed by atoms with Crippen LogP contribution in [0, 0.1) is 11.8 Å². The standard InChI is InChI=1S/C15H28O/c1-2-13-9-7-8-12-15(13,16)14-10-5-3-4-6-11-14/h13-14,16H,2-12H2,1H3. The zero-order valence-electron chi connectivity index (χ0n) is 10.9. The SMILES string of the molecule is CCC1CCCCC1(O)C1CCCCCC1. The number of aliphatic hydroxyl groups is 1. The van der Waals surface area contributed by atoms with E-state index in [1.165, 1.54) is 64.2 Å². The first-order valence-electron chi connectivity index (χ1n) is 7.49. The lowest BCUT2D eigenvalue weighted by atomic mass is 9.65. The highest BCUT2D eigenvalue weighted by atomic mass is 16.3. The number of hydrogen-bond donors (Lipinski definition) is 1. The van der Waals surface area contributed by atoms with Gasteiger partial charge in [0.2, 0.25) is 0 Å². The smallest absolute Gasteiger partial charge is 0.0703 e. The molecular formula is C15H28O. The first kappa shape index (κ1) is 12.4. The Morgan fingerprint density at radius 3 is 2.19 bits per heavy atom. The van der Waals surface area contributed by atoms with Gasteiger partial charge in [-0.15, -0.1) is 0 Å². The van der Waals surface area contributed by atoms with E-state index in [9.17, 15) is 5.11 Å². The summed E-state index contributed by atoms with van der Waals surface area (Å²) in [6.45, 7) is 2.26. The second kappa shape index (κ2) is 5.53. The van der Waals surface area contributed by atoms with Crippen LogP contribution in [0.5, 0.6) is 0 Å². The lowest BCUT2D eigenvalue weighted by molar-refractivity contribution is -0.100. The van der Waals surface area contributed by atoms with Crippen molar-refractivity contribution in [2.75, 3.05) is 0 Å². The van der Waals surface area contributed by atoms with Crippen molar-refractivity contribution in [3.05, 3.63) is 0 Å². The summed E-state index contributed by atoms with van der Waals surface area (Å²) in [5, 5.41) is 11.1. The minimum Gasteiger partial charge on any atom is -0.389 e. The maximum absolute atomic E-state index is 11.1. The Kier molecular flexibility index (Phi) is 4.29. The Balaban J connectivity index is 2.07. The van der Waals surface area contributed by atoms with Crippen molar-refractivity contribution >= 4 is 0 Å². The molecule has 0 aromatic heterocycles. The van der Waals surface area contributed by atoms with Crippen LogP contribution >= 0.6 is 0 Å². The van der Waals surface area contributed by atoms with Crippen molar-refractivity contribution in [3.8, 4) is 0 Å². The molecule has 0 aromatic carbocycles. The average molecular weight is 224 g/mol. The molecule has 0 heterocycles. The van der Waals surface area contributed by atoms with Gasteiger partial charge in [0.25, 0.3) is 0 Å². The van der Waals surface area contributed by atoms with Gasteiger partial charge in [0.05, 0.1) is 5.60 Å². The van der Waals surface area contributed by atoms with Crippen LogP contribution in [0.15, 0.2) is 0 Å². The summed E-state index contributed by atoms with van der Waals surface area (Å²) in [6, 6.07) is 0. The number of rotatable bonds is 2. The highest BCUT2D eigenvalue weighted by Crippen LogP contribution is 2.45. The zero-order chi connectivity index (χ0) is 11.4. The maximum Gasteiger partial charge on any atom is 0.0703 e. The second-order valence-corrected chi connectivity index (χ2v) is 6.03. The summed E-state index contributed by atoms with van der Waals surface area (Å²) >= 11 is 0. The van der Waals surface area contributed by atoms with Gasteiger partial charge in [-0.05, 0) is 37.5 Å². The molecule has 1 heteroatoms. The Labute approximate surface area is 101 Å². The monoisotopic (exact) mass is 224 g/mol. The molecule has 0 bridgehead atoms. The summed E-state index contributed by atoms with van der Waals surface area (Å²) in [5.74, 6) is 1.20. The minimum atomic E-state index is -0.294. The molecule has 2 atom stereocenters. The van der Waals surface area contributed by atoms with E-state index in [-0.39, 0.29) is 5.60 Å². The fourth-order valence-corrected chi connectivity index (χ4v) is 4.13. The second-order valence-electron chi connectivity index (χ2n) is 6.03. The molecule has 0 radical (unpaired) electrons. The fraction of sp³-hybridized carbons (Fsp3) is 1.00. The van der Waals surface area contributed by atoms with Gasteiger partial charge in [-0.2, -0.15) is 0 Å². The summed E-state index contributed by atoms with van der Waals surface area (Å²) in [5.41, 5.74) is -0.294. The van der Waals surface area contributed by atoms with Gasteiger partial charge in [0, 0.05) is 0 Å². The first-order chi connectivity index (χ1) is 7.77. The molecule has 2 rings (SSSR count). The largest absolute Gasteiger partial charge is 0.389 e. The molecule has 0 aromatic rings. The summed E-state index contributed by atoms with van der Waals surface area (Å²) in [6.07, 6.45) is 14.2. The lowest BCUT2D eigenvalue weighted by Gasteiger charge is -2.45. The van der Waals surface area contributed by atoms with Crippen LogP contribution in [0.1, 0.15) is 77.6 Å². The van der Waals surface area contributed by atoms with Crippen LogP contribution in [0.2, 0.25) is 0 Å². The fourth-order valence-electron chi connectivity index (χ4n) is 4.13. The Morgan fingerprint density at radius 2 is 1.56 bits per heavy atom. The molecule has 2 aliphatic rings. The van der Waals surface area contributed by atoms with Crippen molar-refractivity contribution in [2.24, 2.45) is 11.8 Å². The summed E-state index contributed by atoms with van der Waals surface area (Å²) in [7, 11) is 0. The van der Waals surface area contributed by atoms with E-state index in [4.69, 9.17) is 0 Å². The van der Waals surface area contributed by atoms with Crippen molar-refractivity contribution < 1.29 is 5.11 Å². The molecule has 2 saturated carbocycles. The van der Waals surface area contributed by atoms with Gasteiger partial charge < -0.3 is 5.11 Å². The van der Waals surface area contributed by atoms with Crippen LogP contribution < -0.4 is 0 Å². The molecule has 2 fully saturated rings. The first-order valence-corrected chi connectivity index (χ1v) is 7.49. The van der Waals surface area contributed by atoms with E-state index < -0.39 is 0 Å². The van der Waals surface area contributed by atoms with E-state index in [1.807, 2.05) is 0 Å². The molecule has 1 nitrogen and oxygen atoms in total. The molecule has 0 aliphatic heterocycles. The van der Waals surface area contributed by atoms with Gasteiger partial charge in [-0.1, -0.05) is 51.9 Å². The van der Waals surface area contributed by atoms with Crippen molar-refractivity contribution in [3.63, 3.8) is 0 Å². The predicted octanol–water partition coefficient (Wildman–Crippen LogP) is 4.29. The topological polar surface area (TPSA) is 20.2 Å². The molecule has 0 amide bonds. The van der Waals surface area contributed by atoms with Crippen LogP contribution in [-0.2, 0) is 0 Å². The summed E-state index contributed by atoms with van der Waals surface area (Å²) < 4.78 is 0. The van der Waals surface area contributed by atoms with Crippen LogP contribution in [0.3, 0.4) is 0 Å². The van der Waals surface area contributed by atoms with Crippen molar-refractivity contribution in [2.45, 2.75) is 83.2 Å². The normalized spacial score (nSPS) is 38.2. The minimum absolute atomic E-state index is 0.294. The lowest BCUT2D eigenvalue weighted by Crippen LogP contribution is -2.47. The van der Waals surface area contributed by atoms with Gasteiger partial charge >= 0.3 is 0 Å². The Morgan fingerprint density at radius 1 is 0.938 bits per heavy atom. The molecule has 0 spiro atoms. The van der Waals surface area contributed by atoms with E-state index in [2.05, 4.69) is 6.92 Å². The molecular weight excluding hydrogens is 196 g/mol. The molecule has 16 heavy (non-hydrogen) atoms. The van der Waals surface area contributed by atoms with Crippen molar-refractivity contribution in [1.29, 1.82) is 0 Å². The third-order valence-corrected chi connectivity index (χ3v) is 5.14. The highest BCUT2D eigenvalue weighted by molar-refractivity contribution is 4.95. The van der Waals surface area contributed by atoms with Gasteiger partial charge in [-0.25, -0.2) is 0 Å². The molecule has 0 saturated heterocycles. The zero-order valence-corrected chi connectivity index (χ0v) is 10.9. The van der Waals surface area contributed by atoms with E-state index in [0.717, 1.165) is 6.42 Å². The van der Waals surface area contributed by atoms with Crippen LogP contribution in [0.4, 0.5) is 0 Å². The number of hydrogen-bond acceptors (Lipinski definition) is 1. The van der Waals surface area contributed by atoms with E-state index in [1.54, 1.807) is 0 Å². The third kappa shape index (κ3) is 2.45.